The van der Waals surface area contributed by atoms with Crippen LogP contribution in [0.4, 0.5) is 0 Å². The van der Waals surface area contributed by atoms with Crippen LogP contribution in [0.2, 0.25) is 0 Å². The SMILES string of the molecule is CC(C)(C)C1=CC(C(C)(C)C)=C(C(C)(C)C)C1=O. The molecule has 0 bridgehead atoms. The fraction of sp³-hybridized carbons (Fsp3) is 0.706. The van der Waals surface area contributed by atoms with Gasteiger partial charge in [-0.1, -0.05) is 68.4 Å². The van der Waals surface area contributed by atoms with Crippen molar-refractivity contribution in [3.05, 3.63) is 22.8 Å². The molecule has 0 fully saturated rings. The van der Waals surface area contributed by atoms with Crippen molar-refractivity contribution in [1.82, 2.24) is 0 Å². The van der Waals surface area contributed by atoms with Crippen molar-refractivity contribution in [2.45, 2.75) is 62.3 Å². The van der Waals surface area contributed by atoms with Gasteiger partial charge in [0.25, 0.3) is 0 Å². The molecule has 0 unspecified atom stereocenters. The summed E-state index contributed by atoms with van der Waals surface area (Å²) in [6.45, 7) is 19.3. The summed E-state index contributed by atoms with van der Waals surface area (Å²) in [4.78, 5) is 12.7. The van der Waals surface area contributed by atoms with Gasteiger partial charge in [-0.3, -0.25) is 4.79 Å². The minimum Gasteiger partial charge on any atom is -0.289 e. The van der Waals surface area contributed by atoms with Crippen LogP contribution in [0.15, 0.2) is 22.8 Å². The molecule has 0 amide bonds. The van der Waals surface area contributed by atoms with Crippen LogP contribution < -0.4 is 0 Å². The fourth-order valence-electron chi connectivity index (χ4n) is 2.43. The number of carbonyl (C=O) groups is 1. The number of hydrogen-bond donors (Lipinski definition) is 0. The zero-order valence-electron chi connectivity index (χ0n) is 13.5. The summed E-state index contributed by atoms with van der Waals surface area (Å²) in [5.41, 5.74) is 3.01. The number of ketones is 1. The molecule has 0 atom stereocenters. The molecule has 0 aromatic carbocycles. The first-order valence-corrected chi connectivity index (χ1v) is 6.78. The first-order chi connectivity index (χ1) is 7.76. The molecule has 0 N–H and O–H groups in total. The quantitative estimate of drug-likeness (QED) is 0.594. The van der Waals surface area contributed by atoms with Crippen LogP contribution in [0.1, 0.15) is 62.3 Å². The average Bonchev–Trinajstić information content (AvgIpc) is 2.39. The van der Waals surface area contributed by atoms with Gasteiger partial charge >= 0.3 is 0 Å². The van der Waals surface area contributed by atoms with Crippen molar-refractivity contribution < 1.29 is 4.79 Å². The van der Waals surface area contributed by atoms with Crippen LogP contribution in [-0.2, 0) is 4.79 Å². The Morgan fingerprint density at radius 3 is 1.39 bits per heavy atom. The Morgan fingerprint density at radius 1 is 0.722 bits per heavy atom. The standard InChI is InChI=1S/C17H28O/c1-15(2,3)11-10-12(16(4,5)6)14(18)13(11)17(7,8)9/h10H,1-9H3. The third kappa shape index (κ3) is 2.76. The first kappa shape index (κ1) is 15.2. The summed E-state index contributed by atoms with van der Waals surface area (Å²) in [6, 6.07) is 0. The molecule has 1 aliphatic carbocycles. The number of Topliss-reactive ketones (excluding diaryl/α,β-unsaturated/α-hetero) is 1. The van der Waals surface area contributed by atoms with E-state index >= 15 is 0 Å². The molecule has 102 valence electrons. The molecule has 0 heterocycles. The molecule has 0 saturated carbocycles. The predicted octanol–water partition coefficient (Wildman–Crippen LogP) is 4.93. The van der Waals surface area contributed by atoms with Crippen molar-refractivity contribution in [3.8, 4) is 0 Å². The first-order valence-electron chi connectivity index (χ1n) is 6.78. The maximum atomic E-state index is 12.7. The van der Waals surface area contributed by atoms with Crippen molar-refractivity contribution in [2.24, 2.45) is 16.2 Å². The summed E-state index contributed by atoms with van der Waals surface area (Å²) < 4.78 is 0. The second-order valence-electron chi connectivity index (χ2n) is 8.43. The number of hydrogen-bond acceptors (Lipinski definition) is 1. The Balaban J connectivity index is 3.45. The van der Waals surface area contributed by atoms with Crippen LogP contribution in [0, 0.1) is 16.2 Å². The second-order valence-corrected chi connectivity index (χ2v) is 8.43. The lowest BCUT2D eigenvalue weighted by molar-refractivity contribution is -0.113. The van der Waals surface area contributed by atoms with Gasteiger partial charge in [0, 0.05) is 11.1 Å². The van der Waals surface area contributed by atoms with Gasteiger partial charge in [0.2, 0.25) is 0 Å². The van der Waals surface area contributed by atoms with Gasteiger partial charge in [-0.2, -0.15) is 0 Å². The maximum Gasteiger partial charge on any atom is 0.186 e. The molecule has 0 aromatic rings. The smallest absolute Gasteiger partial charge is 0.186 e. The van der Waals surface area contributed by atoms with E-state index in [1.807, 2.05) is 0 Å². The van der Waals surface area contributed by atoms with Crippen molar-refractivity contribution in [1.29, 1.82) is 0 Å². The number of carbonyl (C=O) groups excluding carboxylic acids is 1. The molecule has 1 aliphatic rings. The largest absolute Gasteiger partial charge is 0.289 e. The highest BCUT2D eigenvalue weighted by Gasteiger charge is 2.40. The van der Waals surface area contributed by atoms with Crippen molar-refractivity contribution in [3.63, 3.8) is 0 Å². The molecule has 0 aliphatic heterocycles. The Kier molecular flexibility index (Phi) is 3.45. The molecule has 0 saturated heterocycles. The molecular formula is C17H28O. The minimum atomic E-state index is -0.0941. The molecule has 18 heavy (non-hydrogen) atoms. The Morgan fingerprint density at radius 2 is 1.17 bits per heavy atom. The lowest BCUT2D eigenvalue weighted by Gasteiger charge is -2.28. The lowest BCUT2D eigenvalue weighted by atomic mass is 9.75. The zero-order chi connectivity index (χ0) is 14.5. The van der Waals surface area contributed by atoms with Crippen molar-refractivity contribution in [2.75, 3.05) is 0 Å². The normalized spacial score (nSPS) is 18.5. The summed E-state index contributed by atoms with van der Waals surface area (Å²) >= 11 is 0. The Hall–Kier alpha value is -0.850. The highest BCUT2D eigenvalue weighted by Crippen LogP contribution is 2.46. The van der Waals surface area contributed by atoms with E-state index in [1.54, 1.807) is 0 Å². The monoisotopic (exact) mass is 248 g/mol. The van der Waals surface area contributed by atoms with Crippen LogP contribution in [-0.4, -0.2) is 5.78 Å². The van der Waals surface area contributed by atoms with Crippen molar-refractivity contribution >= 4 is 5.78 Å². The summed E-state index contributed by atoms with van der Waals surface area (Å²) in [5.74, 6) is 0.250. The molecular weight excluding hydrogens is 220 g/mol. The van der Waals surface area contributed by atoms with E-state index in [0.29, 0.717) is 0 Å². The number of rotatable bonds is 0. The summed E-state index contributed by atoms with van der Waals surface area (Å²) in [7, 11) is 0. The van der Waals surface area contributed by atoms with Gasteiger partial charge in [-0.15, -0.1) is 0 Å². The van der Waals surface area contributed by atoms with Gasteiger partial charge in [0.1, 0.15) is 0 Å². The van der Waals surface area contributed by atoms with Gasteiger partial charge in [-0.25, -0.2) is 0 Å². The van der Waals surface area contributed by atoms with E-state index in [0.717, 1.165) is 11.1 Å². The molecule has 1 heteroatoms. The van der Waals surface area contributed by atoms with Crippen LogP contribution in [0.5, 0.6) is 0 Å². The molecule has 0 radical (unpaired) electrons. The second kappa shape index (κ2) is 4.08. The molecule has 0 aromatic heterocycles. The average molecular weight is 248 g/mol. The molecule has 0 spiro atoms. The fourth-order valence-corrected chi connectivity index (χ4v) is 2.43. The Labute approximate surface area is 112 Å². The van der Waals surface area contributed by atoms with E-state index in [9.17, 15) is 4.79 Å². The van der Waals surface area contributed by atoms with E-state index < -0.39 is 0 Å². The lowest BCUT2D eigenvalue weighted by Crippen LogP contribution is -2.24. The highest BCUT2D eigenvalue weighted by molar-refractivity contribution is 6.13. The highest BCUT2D eigenvalue weighted by atomic mass is 16.1. The third-order valence-electron chi connectivity index (χ3n) is 3.40. The van der Waals surface area contributed by atoms with Gasteiger partial charge in [0.15, 0.2) is 5.78 Å². The molecule has 1 nitrogen and oxygen atoms in total. The van der Waals surface area contributed by atoms with Gasteiger partial charge in [0.05, 0.1) is 0 Å². The Bertz CT molecular complexity index is 426. The topological polar surface area (TPSA) is 17.1 Å². The van der Waals surface area contributed by atoms with Crippen LogP contribution in [0.25, 0.3) is 0 Å². The van der Waals surface area contributed by atoms with Gasteiger partial charge in [-0.05, 0) is 21.8 Å². The predicted molar refractivity (Wildman–Crippen MR) is 78.5 cm³/mol. The van der Waals surface area contributed by atoms with E-state index in [4.69, 9.17) is 0 Å². The van der Waals surface area contributed by atoms with E-state index in [2.05, 4.69) is 68.4 Å². The van der Waals surface area contributed by atoms with Crippen LogP contribution in [0.3, 0.4) is 0 Å². The van der Waals surface area contributed by atoms with Crippen LogP contribution >= 0.6 is 0 Å². The third-order valence-corrected chi connectivity index (χ3v) is 3.40. The number of allylic oxidation sites excluding steroid dienone is 4. The zero-order valence-corrected chi connectivity index (χ0v) is 13.5. The van der Waals surface area contributed by atoms with Gasteiger partial charge < -0.3 is 0 Å². The summed E-state index contributed by atoms with van der Waals surface area (Å²) in [5, 5.41) is 0. The minimum absolute atomic E-state index is 0.0191. The van der Waals surface area contributed by atoms with E-state index in [-0.39, 0.29) is 22.0 Å². The molecule has 1 rings (SSSR count). The maximum absolute atomic E-state index is 12.7. The van der Waals surface area contributed by atoms with E-state index in [1.165, 1.54) is 5.57 Å². The summed E-state index contributed by atoms with van der Waals surface area (Å²) in [6.07, 6.45) is 2.14.